The highest BCUT2D eigenvalue weighted by molar-refractivity contribution is 6.31. The maximum absolute atomic E-state index is 8.89. The summed E-state index contributed by atoms with van der Waals surface area (Å²) in [6.45, 7) is 4.34. The number of benzene rings is 1. The molecule has 0 fully saturated rings. The Labute approximate surface area is 90.7 Å². The van der Waals surface area contributed by atoms with E-state index < -0.39 is 0 Å². The van der Waals surface area contributed by atoms with Crippen molar-refractivity contribution in [3.63, 3.8) is 0 Å². The van der Waals surface area contributed by atoms with E-state index in [1.54, 1.807) is 0 Å². The standard InChI is InChI=1S/C12H17ClO/c1-9(8-14)3-4-11-5-6-12(13)10(2)7-11/h5-7,9,14H,3-4,8H2,1-2H3. The summed E-state index contributed by atoms with van der Waals surface area (Å²) in [6, 6.07) is 6.11. The van der Waals surface area contributed by atoms with Crippen LogP contribution in [0.15, 0.2) is 18.2 Å². The number of halogens is 1. The molecule has 0 saturated heterocycles. The van der Waals surface area contributed by atoms with Gasteiger partial charge < -0.3 is 5.11 Å². The molecule has 1 atom stereocenters. The summed E-state index contributed by atoms with van der Waals surface area (Å²) >= 11 is 5.93. The number of hydrogen-bond acceptors (Lipinski definition) is 1. The molecule has 0 amide bonds. The molecule has 0 spiro atoms. The quantitative estimate of drug-likeness (QED) is 0.813. The van der Waals surface area contributed by atoms with Crippen molar-refractivity contribution in [2.24, 2.45) is 5.92 Å². The van der Waals surface area contributed by atoms with Gasteiger partial charge in [0.25, 0.3) is 0 Å². The predicted molar refractivity (Wildman–Crippen MR) is 60.8 cm³/mol. The summed E-state index contributed by atoms with van der Waals surface area (Å²) in [4.78, 5) is 0. The Hall–Kier alpha value is -0.530. The van der Waals surface area contributed by atoms with Gasteiger partial charge in [-0.3, -0.25) is 0 Å². The summed E-state index contributed by atoms with van der Waals surface area (Å²) < 4.78 is 0. The number of aryl methyl sites for hydroxylation is 2. The topological polar surface area (TPSA) is 20.2 Å². The van der Waals surface area contributed by atoms with E-state index in [1.807, 2.05) is 13.0 Å². The third-order valence-corrected chi connectivity index (χ3v) is 2.88. The second kappa shape index (κ2) is 5.38. The van der Waals surface area contributed by atoms with E-state index in [-0.39, 0.29) is 6.61 Å². The van der Waals surface area contributed by atoms with Crippen LogP contribution in [0.5, 0.6) is 0 Å². The fourth-order valence-corrected chi connectivity index (χ4v) is 1.48. The zero-order valence-electron chi connectivity index (χ0n) is 8.76. The minimum atomic E-state index is 0.270. The second-order valence-corrected chi connectivity index (χ2v) is 4.32. The number of aliphatic hydroxyl groups excluding tert-OH is 1. The van der Waals surface area contributed by atoms with Crippen molar-refractivity contribution < 1.29 is 5.11 Å². The fourth-order valence-electron chi connectivity index (χ4n) is 1.37. The highest BCUT2D eigenvalue weighted by Crippen LogP contribution is 2.18. The van der Waals surface area contributed by atoms with Crippen LogP contribution in [-0.4, -0.2) is 11.7 Å². The third kappa shape index (κ3) is 3.32. The van der Waals surface area contributed by atoms with E-state index >= 15 is 0 Å². The summed E-state index contributed by atoms with van der Waals surface area (Å²) in [6.07, 6.45) is 2.04. The zero-order chi connectivity index (χ0) is 10.6. The predicted octanol–water partition coefficient (Wildman–Crippen LogP) is 3.21. The van der Waals surface area contributed by atoms with Crippen molar-refractivity contribution in [2.45, 2.75) is 26.7 Å². The Morgan fingerprint density at radius 3 is 2.71 bits per heavy atom. The Morgan fingerprint density at radius 1 is 1.43 bits per heavy atom. The molecule has 0 aliphatic heterocycles. The van der Waals surface area contributed by atoms with Gasteiger partial charge in [0.2, 0.25) is 0 Å². The van der Waals surface area contributed by atoms with Crippen LogP contribution in [0.2, 0.25) is 5.02 Å². The maximum Gasteiger partial charge on any atom is 0.0456 e. The number of hydrogen-bond donors (Lipinski definition) is 1. The Morgan fingerprint density at radius 2 is 2.14 bits per heavy atom. The van der Waals surface area contributed by atoms with Crippen LogP contribution >= 0.6 is 11.6 Å². The van der Waals surface area contributed by atoms with Gasteiger partial charge >= 0.3 is 0 Å². The van der Waals surface area contributed by atoms with E-state index in [1.165, 1.54) is 5.56 Å². The zero-order valence-corrected chi connectivity index (χ0v) is 9.51. The molecule has 1 aromatic rings. The Kier molecular flexibility index (Phi) is 4.43. The first kappa shape index (κ1) is 11.5. The average molecular weight is 213 g/mol. The first-order chi connectivity index (χ1) is 6.63. The maximum atomic E-state index is 8.89. The molecule has 14 heavy (non-hydrogen) atoms. The van der Waals surface area contributed by atoms with E-state index in [0.717, 1.165) is 23.4 Å². The number of aliphatic hydroxyl groups is 1. The third-order valence-electron chi connectivity index (χ3n) is 2.46. The van der Waals surface area contributed by atoms with Gasteiger partial charge in [-0.1, -0.05) is 30.7 Å². The monoisotopic (exact) mass is 212 g/mol. The van der Waals surface area contributed by atoms with Crippen LogP contribution in [-0.2, 0) is 6.42 Å². The lowest BCUT2D eigenvalue weighted by Crippen LogP contribution is -2.02. The summed E-state index contributed by atoms with van der Waals surface area (Å²) in [5.41, 5.74) is 2.42. The molecule has 0 saturated carbocycles. The van der Waals surface area contributed by atoms with E-state index in [2.05, 4.69) is 19.1 Å². The van der Waals surface area contributed by atoms with Crippen LogP contribution in [0.4, 0.5) is 0 Å². The minimum Gasteiger partial charge on any atom is -0.396 e. The van der Waals surface area contributed by atoms with Crippen molar-refractivity contribution in [3.05, 3.63) is 34.3 Å². The second-order valence-electron chi connectivity index (χ2n) is 3.91. The smallest absolute Gasteiger partial charge is 0.0456 e. The Balaban J connectivity index is 2.55. The van der Waals surface area contributed by atoms with Gasteiger partial charge in [0.05, 0.1) is 0 Å². The van der Waals surface area contributed by atoms with E-state index in [4.69, 9.17) is 16.7 Å². The lowest BCUT2D eigenvalue weighted by Gasteiger charge is -2.08. The van der Waals surface area contributed by atoms with Crippen LogP contribution in [0.25, 0.3) is 0 Å². The molecule has 2 heteroatoms. The number of rotatable bonds is 4. The molecule has 78 valence electrons. The summed E-state index contributed by atoms with van der Waals surface area (Å²) in [5.74, 6) is 0.381. The van der Waals surface area contributed by atoms with Crippen molar-refractivity contribution >= 4 is 11.6 Å². The molecule has 0 aliphatic carbocycles. The van der Waals surface area contributed by atoms with Gasteiger partial charge in [0.15, 0.2) is 0 Å². The molecule has 1 aromatic carbocycles. The molecular weight excluding hydrogens is 196 g/mol. The van der Waals surface area contributed by atoms with Gasteiger partial charge in [-0.15, -0.1) is 0 Å². The van der Waals surface area contributed by atoms with Crippen molar-refractivity contribution in [1.82, 2.24) is 0 Å². The van der Waals surface area contributed by atoms with Gasteiger partial charge in [0, 0.05) is 11.6 Å². The summed E-state index contributed by atoms with van der Waals surface area (Å²) in [7, 11) is 0. The van der Waals surface area contributed by atoms with Crippen LogP contribution < -0.4 is 0 Å². The van der Waals surface area contributed by atoms with Gasteiger partial charge in [-0.05, 0) is 42.9 Å². The molecule has 0 radical (unpaired) electrons. The van der Waals surface area contributed by atoms with Crippen LogP contribution in [0.1, 0.15) is 24.5 Å². The molecule has 0 bridgehead atoms. The molecule has 0 heterocycles. The first-order valence-electron chi connectivity index (χ1n) is 4.99. The average Bonchev–Trinajstić information content (AvgIpc) is 2.19. The highest BCUT2D eigenvalue weighted by atomic mass is 35.5. The van der Waals surface area contributed by atoms with Crippen molar-refractivity contribution in [2.75, 3.05) is 6.61 Å². The normalized spacial score (nSPS) is 12.9. The van der Waals surface area contributed by atoms with Gasteiger partial charge in [0.1, 0.15) is 0 Å². The van der Waals surface area contributed by atoms with Crippen molar-refractivity contribution in [3.8, 4) is 0 Å². The van der Waals surface area contributed by atoms with E-state index in [9.17, 15) is 0 Å². The fraction of sp³-hybridized carbons (Fsp3) is 0.500. The molecule has 0 aromatic heterocycles. The first-order valence-corrected chi connectivity index (χ1v) is 5.37. The van der Waals surface area contributed by atoms with Gasteiger partial charge in [-0.25, -0.2) is 0 Å². The lowest BCUT2D eigenvalue weighted by atomic mass is 10.0. The molecule has 1 nitrogen and oxygen atoms in total. The van der Waals surface area contributed by atoms with E-state index in [0.29, 0.717) is 5.92 Å². The molecule has 1 N–H and O–H groups in total. The largest absolute Gasteiger partial charge is 0.396 e. The Bertz CT molecular complexity index is 296. The van der Waals surface area contributed by atoms with Crippen LogP contribution in [0, 0.1) is 12.8 Å². The lowest BCUT2D eigenvalue weighted by molar-refractivity contribution is 0.230. The highest BCUT2D eigenvalue weighted by Gasteiger charge is 2.02. The summed E-state index contributed by atoms with van der Waals surface area (Å²) in [5, 5.41) is 9.71. The molecular formula is C12H17ClO. The van der Waals surface area contributed by atoms with Gasteiger partial charge in [-0.2, -0.15) is 0 Å². The van der Waals surface area contributed by atoms with Crippen LogP contribution in [0.3, 0.4) is 0 Å². The molecule has 0 aliphatic rings. The minimum absolute atomic E-state index is 0.270. The van der Waals surface area contributed by atoms with Crippen molar-refractivity contribution in [1.29, 1.82) is 0 Å². The SMILES string of the molecule is Cc1cc(CCC(C)CO)ccc1Cl. The molecule has 1 unspecified atom stereocenters. The molecule has 1 rings (SSSR count).